The number of halogens is 3. The molecule has 2 heterocycles. The standard InChI is InChI=1S/C15H24F3N5S/c1-2-19-14(20-6-9-23-7-4-3-5-8-23)21-10-13-22-12(11-24-13)15(16,17)18/h11H,2-10H2,1H3,(H2,19,20,21). The van der Waals surface area contributed by atoms with Gasteiger partial charge in [-0.3, -0.25) is 0 Å². The number of nitrogens with one attached hydrogen (secondary N) is 2. The average molecular weight is 363 g/mol. The summed E-state index contributed by atoms with van der Waals surface area (Å²) in [4.78, 5) is 10.3. The summed E-state index contributed by atoms with van der Waals surface area (Å²) < 4.78 is 37.6. The van der Waals surface area contributed by atoms with Crippen molar-refractivity contribution < 1.29 is 13.2 Å². The fourth-order valence-corrected chi connectivity index (χ4v) is 3.24. The molecule has 0 aliphatic carbocycles. The van der Waals surface area contributed by atoms with Gasteiger partial charge in [-0.25, -0.2) is 9.98 Å². The first-order valence-corrected chi connectivity index (χ1v) is 9.13. The average Bonchev–Trinajstić information content (AvgIpc) is 3.03. The van der Waals surface area contributed by atoms with Crippen LogP contribution in [0.15, 0.2) is 10.4 Å². The molecule has 0 amide bonds. The number of guanidine groups is 1. The van der Waals surface area contributed by atoms with E-state index in [1.165, 1.54) is 19.3 Å². The SMILES string of the molecule is CCNC(=NCc1nc(C(F)(F)F)cs1)NCCN1CCCCC1. The maximum absolute atomic E-state index is 12.5. The molecule has 0 atom stereocenters. The third kappa shape index (κ3) is 6.27. The molecule has 0 bridgehead atoms. The smallest absolute Gasteiger partial charge is 0.357 e. The van der Waals surface area contributed by atoms with Crippen molar-refractivity contribution in [1.29, 1.82) is 0 Å². The van der Waals surface area contributed by atoms with Gasteiger partial charge < -0.3 is 15.5 Å². The largest absolute Gasteiger partial charge is 0.434 e. The van der Waals surface area contributed by atoms with E-state index in [0.29, 0.717) is 17.5 Å². The Balaban J connectivity index is 1.82. The van der Waals surface area contributed by atoms with Crippen molar-refractivity contribution in [1.82, 2.24) is 20.5 Å². The van der Waals surface area contributed by atoms with Crippen molar-refractivity contribution in [2.45, 2.75) is 38.9 Å². The van der Waals surface area contributed by atoms with Gasteiger partial charge in [0.05, 0.1) is 6.54 Å². The molecule has 1 fully saturated rings. The minimum Gasteiger partial charge on any atom is -0.357 e. The zero-order valence-corrected chi connectivity index (χ0v) is 14.6. The lowest BCUT2D eigenvalue weighted by molar-refractivity contribution is -0.140. The molecule has 1 aliphatic heterocycles. The van der Waals surface area contributed by atoms with Crippen molar-refractivity contribution in [3.05, 3.63) is 16.1 Å². The number of hydrogen-bond acceptors (Lipinski definition) is 4. The Kier molecular flexibility index (Phi) is 7.29. The molecule has 9 heteroatoms. The topological polar surface area (TPSA) is 52.6 Å². The van der Waals surface area contributed by atoms with Gasteiger partial charge in [-0.15, -0.1) is 11.3 Å². The van der Waals surface area contributed by atoms with Crippen molar-refractivity contribution in [2.75, 3.05) is 32.7 Å². The van der Waals surface area contributed by atoms with E-state index in [1.54, 1.807) is 0 Å². The van der Waals surface area contributed by atoms with Crippen LogP contribution in [-0.2, 0) is 12.7 Å². The molecule has 1 aromatic rings. The van der Waals surface area contributed by atoms with E-state index < -0.39 is 11.9 Å². The van der Waals surface area contributed by atoms with Gasteiger partial charge in [-0.05, 0) is 32.9 Å². The molecule has 2 N–H and O–H groups in total. The maximum atomic E-state index is 12.5. The Bertz CT molecular complexity index is 523. The molecule has 2 rings (SSSR count). The maximum Gasteiger partial charge on any atom is 0.434 e. The van der Waals surface area contributed by atoms with E-state index in [9.17, 15) is 13.2 Å². The fraction of sp³-hybridized carbons (Fsp3) is 0.733. The summed E-state index contributed by atoms with van der Waals surface area (Å²) in [5, 5.41) is 7.72. The lowest BCUT2D eigenvalue weighted by atomic mass is 10.1. The van der Waals surface area contributed by atoms with Gasteiger partial charge in [0.25, 0.3) is 0 Å². The molecule has 24 heavy (non-hydrogen) atoms. The van der Waals surface area contributed by atoms with Gasteiger partial charge >= 0.3 is 6.18 Å². The van der Waals surface area contributed by atoms with Gasteiger partial charge in [-0.2, -0.15) is 13.2 Å². The molecule has 1 aliphatic rings. The van der Waals surface area contributed by atoms with Crippen LogP contribution in [0.25, 0.3) is 0 Å². The lowest BCUT2D eigenvalue weighted by Crippen LogP contribution is -2.42. The molecule has 0 aromatic carbocycles. The Hall–Kier alpha value is -1.35. The van der Waals surface area contributed by atoms with Crippen molar-refractivity contribution in [3.63, 3.8) is 0 Å². The van der Waals surface area contributed by atoms with Crippen LogP contribution in [-0.4, -0.2) is 48.6 Å². The number of piperidine rings is 1. The van der Waals surface area contributed by atoms with Gasteiger partial charge in [-0.1, -0.05) is 6.42 Å². The van der Waals surface area contributed by atoms with E-state index in [2.05, 4.69) is 25.5 Å². The van der Waals surface area contributed by atoms with Gasteiger partial charge in [0.1, 0.15) is 5.01 Å². The zero-order valence-electron chi connectivity index (χ0n) is 13.8. The first-order valence-electron chi connectivity index (χ1n) is 8.25. The molecule has 0 radical (unpaired) electrons. The van der Waals surface area contributed by atoms with Gasteiger partial charge in [0.2, 0.25) is 0 Å². The van der Waals surface area contributed by atoms with Crippen LogP contribution in [0.5, 0.6) is 0 Å². The molecular weight excluding hydrogens is 339 g/mol. The van der Waals surface area contributed by atoms with Crippen LogP contribution >= 0.6 is 11.3 Å². The molecule has 1 saturated heterocycles. The molecule has 0 unspecified atom stereocenters. The molecule has 1 aromatic heterocycles. The normalized spacial score (nSPS) is 17.1. The monoisotopic (exact) mass is 363 g/mol. The van der Waals surface area contributed by atoms with Crippen LogP contribution in [0.1, 0.15) is 36.9 Å². The predicted molar refractivity (Wildman–Crippen MR) is 90.2 cm³/mol. The summed E-state index contributed by atoms with van der Waals surface area (Å²) >= 11 is 0.981. The highest BCUT2D eigenvalue weighted by atomic mass is 32.1. The quantitative estimate of drug-likeness (QED) is 0.603. The summed E-state index contributed by atoms with van der Waals surface area (Å²) in [6.45, 7) is 6.76. The zero-order chi connectivity index (χ0) is 17.4. The van der Waals surface area contributed by atoms with Crippen LogP contribution < -0.4 is 10.6 Å². The number of thiazole rings is 1. The summed E-state index contributed by atoms with van der Waals surface area (Å²) in [7, 11) is 0. The fourth-order valence-electron chi connectivity index (χ4n) is 2.52. The first kappa shape index (κ1) is 19.0. The minimum absolute atomic E-state index is 0.139. The van der Waals surface area contributed by atoms with Crippen molar-refractivity contribution in [2.24, 2.45) is 4.99 Å². The number of hydrogen-bond donors (Lipinski definition) is 2. The number of likely N-dealkylation sites (tertiary alicyclic amines) is 1. The molecular formula is C15H24F3N5S. The second kappa shape index (κ2) is 9.22. The van der Waals surface area contributed by atoms with Gasteiger partial charge in [0, 0.05) is 25.0 Å². The number of alkyl halides is 3. The number of rotatable bonds is 6. The molecule has 0 spiro atoms. The predicted octanol–water partition coefficient (Wildman–Crippen LogP) is 2.70. The summed E-state index contributed by atoms with van der Waals surface area (Å²) in [5.74, 6) is 0.610. The highest BCUT2D eigenvalue weighted by Gasteiger charge is 2.33. The van der Waals surface area contributed by atoms with Crippen LogP contribution in [0.4, 0.5) is 13.2 Å². The lowest BCUT2D eigenvalue weighted by Gasteiger charge is -2.26. The number of aliphatic imine (C=N–C) groups is 1. The van der Waals surface area contributed by atoms with Crippen LogP contribution in [0.3, 0.4) is 0 Å². The van der Waals surface area contributed by atoms with E-state index in [0.717, 1.165) is 42.9 Å². The van der Waals surface area contributed by atoms with Crippen molar-refractivity contribution in [3.8, 4) is 0 Å². The molecule has 136 valence electrons. The van der Waals surface area contributed by atoms with E-state index in [1.807, 2.05) is 6.92 Å². The number of aromatic nitrogens is 1. The second-order valence-electron chi connectivity index (χ2n) is 5.65. The highest BCUT2D eigenvalue weighted by Crippen LogP contribution is 2.30. The Morgan fingerprint density at radius 1 is 1.29 bits per heavy atom. The summed E-state index contributed by atoms with van der Waals surface area (Å²) in [5.41, 5.74) is -0.847. The third-order valence-electron chi connectivity index (χ3n) is 3.73. The Labute approximate surface area is 144 Å². The van der Waals surface area contributed by atoms with Gasteiger partial charge in [0.15, 0.2) is 11.7 Å². The van der Waals surface area contributed by atoms with E-state index in [4.69, 9.17) is 0 Å². The Morgan fingerprint density at radius 2 is 2.04 bits per heavy atom. The second-order valence-corrected chi connectivity index (χ2v) is 6.59. The van der Waals surface area contributed by atoms with Crippen LogP contribution in [0, 0.1) is 0 Å². The summed E-state index contributed by atoms with van der Waals surface area (Å²) in [6, 6.07) is 0. The first-order chi connectivity index (χ1) is 11.5. The Morgan fingerprint density at radius 3 is 2.67 bits per heavy atom. The molecule has 5 nitrogen and oxygen atoms in total. The van der Waals surface area contributed by atoms with Crippen molar-refractivity contribution >= 4 is 17.3 Å². The minimum atomic E-state index is -4.39. The molecule has 0 saturated carbocycles. The van der Waals surface area contributed by atoms with Crippen LogP contribution in [0.2, 0.25) is 0 Å². The highest BCUT2D eigenvalue weighted by molar-refractivity contribution is 7.09. The number of nitrogens with zero attached hydrogens (tertiary/aromatic N) is 3. The third-order valence-corrected chi connectivity index (χ3v) is 4.56. The van der Waals surface area contributed by atoms with E-state index in [-0.39, 0.29) is 6.54 Å². The van der Waals surface area contributed by atoms with E-state index >= 15 is 0 Å². The summed E-state index contributed by atoms with van der Waals surface area (Å²) in [6.07, 6.45) is -0.586.